The number of primary amides is 1. The van der Waals surface area contributed by atoms with E-state index in [-0.39, 0.29) is 19.7 Å². The molecule has 15 heavy (non-hydrogen) atoms. The summed E-state index contributed by atoms with van der Waals surface area (Å²) in [7, 11) is 0. The van der Waals surface area contributed by atoms with Gasteiger partial charge in [0.05, 0.1) is 32.5 Å². The zero-order valence-corrected chi connectivity index (χ0v) is 9.07. The molecule has 0 heterocycles. The molecule has 0 radical (unpaired) electrons. The molecule has 0 bridgehead atoms. The number of hydrogen-bond donors (Lipinski definition) is 3. The molecule has 1 amide bonds. The third-order valence-electron chi connectivity index (χ3n) is 1.57. The Kier molecular flexibility index (Phi) is 9.40. The van der Waals surface area contributed by atoms with Crippen molar-refractivity contribution in [3.05, 3.63) is 0 Å². The molecule has 6 nitrogen and oxygen atoms in total. The molecule has 0 saturated carbocycles. The lowest BCUT2D eigenvalue weighted by Crippen LogP contribution is -2.36. The van der Waals surface area contributed by atoms with Gasteiger partial charge < -0.3 is 25.6 Å². The van der Waals surface area contributed by atoms with E-state index in [2.05, 4.69) is 5.32 Å². The van der Waals surface area contributed by atoms with Crippen molar-refractivity contribution in [2.75, 3.05) is 39.5 Å². The second-order valence-corrected chi connectivity index (χ2v) is 3.02. The van der Waals surface area contributed by atoms with Crippen LogP contribution in [0.3, 0.4) is 0 Å². The fourth-order valence-electron chi connectivity index (χ4n) is 0.902. The van der Waals surface area contributed by atoms with Crippen molar-refractivity contribution in [1.82, 2.24) is 5.32 Å². The minimum Gasteiger partial charge on any atom is -0.389 e. The maximum Gasteiger partial charge on any atom is 0.231 e. The van der Waals surface area contributed by atoms with Crippen LogP contribution in [-0.2, 0) is 14.3 Å². The number of nitrogens with two attached hydrogens (primary N) is 1. The first-order valence-electron chi connectivity index (χ1n) is 4.99. The summed E-state index contributed by atoms with van der Waals surface area (Å²) in [6, 6.07) is 0. The van der Waals surface area contributed by atoms with E-state index in [0.717, 1.165) is 0 Å². The minimum absolute atomic E-state index is 0.0655. The first kappa shape index (κ1) is 14.3. The number of rotatable bonds is 10. The van der Waals surface area contributed by atoms with Crippen LogP contribution < -0.4 is 11.1 Å². The lowest BCUT2D eigenvalue weighted by molar-refractivity contribution is -0.117. The Bertz CT molecular complexity index is 166. The number of hydrogen-bond acceptors (Lipinski definition) is 5. The van der Waals surface area contributed by atoms with Gasteiger partial charge in [0.25, 0.3) is 0 Å². The molecule has 4 N–H and O–H groups in total. The Labute approximate surface area is 89.7 Å². The largest absolute Gasteiger partial charge is 0.389 e. The molecule has 0 aliphatic heterocycles. The van der Waals surface area contributed by atoms with Crippen LogP contribution in [0.2, 0.25) is 0 Å². The zero-order chi connectivity index (χ0) is 11.5. The van der Waals surface area contributed by atoms with E-state index in [1.165, 1.54) is 0 Å². The van der Waals surface area contributed by atoms with Gasteiger partial charge in [-0.2, -0.15) is 0 Å². The van der Waals surface area contributed by atoms with E-state index in [1.54, 1.807) is 0 Å². The molecular formula is C9H20N2O4. The van der Waals surface area contributed by atoms with Gasteiger partial charge in [-0.1, -0.05) is 0 Å². The molecule has 0 aliphatic rings. The first-order chi connectivity index (χ1) is 7.16. The molecule has 1 atom stereocenters. The molecule has 0 spiro atoms. The van der Waals surface area contributed by atoms with E-state index < -0.39 is 12.0 Å². The zero-order valence-electron chi connectivity index (χ0n) is 9.07. The van der Waals surface area contributed by atoms with Crippen molar-refractivity contribution < 1.29 is 19.4 Å². The highest BCUT2D eigenvalue weighted by atomic mass is 16.5. The molecule has 90 valence electrons. The summed E-state index contributed by atoms with van der Waals surface area (Å²) in [6.07, 6.45) is -0.633. The average molecular weight is 220 g/mol. The summed E-state index contributed by atoms with van der Waals surface area (Å²) in [5, 5.41) is 12.0. The summed E-state index contributed by atoms with van der Waals surface area (Å²) in [5.74, 6) is -0.445. The summed E-state index contributed by atoms with van der Waals surface area (Å²) < 4.78 is 10.2. The lowest BCUT2D eigenvalue weighted by Gasteiger charge is -2.11. The van der Waals surface area contributed by atoms with Gasteiger partial charge in [-0.15, -0.1) is 0 Å². The second-order valence-electron chi connectivity index (χ2n) is 3.02. The van der Waals surface area contributed by atoms with Crippen LogP contribution in [0.15, 0.2) is 0 Å². The van der Waals surface area contributed by atoms with Gasteiger partial charge in [-0.05, 0) is 6.92 Å². The third-order valence-corrected chi connectivity index (χ3v) is 1.57. The standard InChI is InChI=1S/C9H20N2O4/c1-2-14-3-4-15-7-8(12)5-11-6-9(10)13/h8,11-12H,2-7H2,1H3,(H2,10,13). The van der Waals surface area contributed by atoms with E-state index in [4.69, 9.17) is 15.2 Å². The Morgan fingerprint density at radius 1 is 1.47 bits per heavy atom. The van der Waals surface area contributed by atoms with Crippen LogP contribution in [-0.4, -0.2) is 56.6 Å². The molecule has 0 fully saturated rings. The van der Waals surface area contributed by atoms with Gasteiger partial charge in [0.15, 0.2) is 0 Å². The van der Waals surface area contributed by atoms with Crippen LogP contribution in [0.5, 0.6) is 0 Å². The third kappa shape index (κ3) is 11.2. The van der Waals surface area contributed by atoms with Gasteiger partial charge in [0, 0.05) is 13.2 Å². The van der Waals surface area contributed by atoms with Gasteiger partial charge >= 0.3 is 0 Å². The predicted octanol–water partition coefficient (Wildman–Crippen LogP) is -1.52. The number of nitrogens with one attached hydrogen (secondary N) is 1. The Balaban J connectivity index is 3.18. The van der Waals surface area contributed by atoms with Crippen LogP contribution in [0.25, 0.3) is 0 Å². The highest BCUT2D eigenvalue weighted by Gasteiger charge is 2.04. The Morgan fingerprint density at radius 3 is 2.73 bits per heavy atom. The molecule has 6 heteroatoms. The molecule has 0 rings (SSSR count). The van der Waals surface area contributed by atoms with Crippen molar-refractivity contribution in [2.45, 2.75) is 13.0 Å². The minimum atomic E-state index is -0.633. The molecule has 0 saturated heterocycles. The van der Waals surface area contributed by atoms with E-state index in [0.29, 0.717) is 19.8 Å². The quantitative estimate of drug-likeness (QED) is 0.389. The van der Waals surface area contributed by atoms with Crippen LogP contribution in [0.4, 0.5) is 0 Å². The van der Waals surface area contributed by atoms with Crippen LogP contribution in [0.1, 0.15) is 6.92 Å². The number of carbonyl (C=O) groups is 1. The average Bonchev–Trinajstić information content (AvgIpc) is 2.17. The Hall–Kier alpha value is -0.690. The molecule has 0 aromatic heterocycles. The second kappa shape index (κ2) is 9.85. The summed E-state index contributed by atoms with van der Waals surface area (Å²) in [6.45, 7) is 4.12. The van der Waals surface area contributed by atoms with Crippen molar-refractivity contribution in [2.24, 2.45) is 5.73 Å². The normalized spacial score (nSPS) is 12.7. The summed E-state index contributed by atoms with van der Waals surface area (Å²) in [4.78, 5) is 10.3. The topological polar surface area (TPSA) is 93.8 Å². The van der Waals surface area contributed by atoms with Gasteiger partial charge in [-0.25, -0.2) is 0 Å². The maximum absolute atomic E-state index is 10.3. The highest BCUT2D eigenvalue weighted by molar-refractivity contribution is 5.75. The van der Waals surface area contributed by atoms with Crippen molar-refractivity contribution >= 4 is 5.91 Å². The number of ether oxygens (including phenoxy) is 2. The fraction of sp³-hybridized carbons (Fsp3) is 0.889. The number of aliphatic hydroxyl groups excluding tert-OH is 1. The van der Waals surface area contributed by atoms with Crippen molar-refractivity contribution in [3.63, 3.8) is 0 Å². The van der Waals surface area contributed by atoms with Crippen molar-refractivity contribution in [3.8, 4) is 0 Å². The van der Waals surface area contributed by atoms with E-state index in [1.807, 2.05) is 6.92 Å². The van der Waals surface area contributed by atoms with Gasteiger partial charge in [0.2, 0.25) is 5.91 Å². The molecule has 1 unspecified atom stereocenters. The highest BCUT2D eigenvalue weighted by Crippen LogP contribution is 1.84. The Morgan fingerprint density at radius 2 is 2.13 bits per heavy atom. The van der Waals surface area contributed by atoms with E-state index >= 15 is 0 Å². The fourth-order valence-corrected chi connectivity index (χ4v) is 0.902. The van der Waals surface area contributed by atoms with Gasteiger partial charge in [-0.3, -0.25) is 4.79 Å². The number of amides is 1. The number of carbonyl (C=O) groups excluding carboxylic acids is 1. The predicted molar refractivity (Wildman–Crippen MR) is 55.4 cm³/mol. The molecule has 0 aromatic carbocycles. The molecule has 0 aliphatic carbocycles. The molecule has 0 aromatic rings. The maximum atomic E-state index is 10.3. The van der Waals surface area contributed by atoms with E-state index in [9.17, 15) is 9.90 Å². The molecular weight excluding hydrogens is 200 g/mol. The smallest absolute Gasteiger partial charge is 0.231 e. The van der Waals surface area contributed by atoms with Crippen LogP contribution in [0, 0.1) is 0 Å². The van der Waals surface area contributed by atoms with Crippen molar-refractivity contribution in [1.29, 1.82) is 0 Å². The summed E-state index contributed by atoms with van der Waals surface area (Å²) >= 11 is 0. The first-order valence-corrected chi connectivity index (χ1v) is 4.99. The van der Waals surface area contributed by atoms with Gasteiger partial charge in [0.1, 0.15) is 0 Å². The number of aliphatic hydroxyl groups is 1. The van der Waals surface area contributed by atoms with Crippen LogP contribution >= 0.6 is 0 Å². The SMILES string of the molecule is CCOCCOCC(O)CNCC(N)=O. The monoisotopic (exact) mass is 220 g/mol. The summed E-state index contributed by atoms with van der Waals surface area (Å²) in [5.41, 5.74) is 4.90. The lowest BCUT2D eigenvalue weighted by atomic mass is 10.4.